The van der Waals surface area contributed by atoms with E-state index in [0.29, 0.717) is 19.0 Å². The van der Waals surface area contributed by atoms with Crippen LogP contribution in [0.25, 0.3) is 0 Å². The maximum atomic E-state index is 11.4. The zero-order chi connectivity index (χ0) is 16.5. The summed E-state index contributed by atoms with van der Waals surface area (Å²) in [6.07, 6.45) is 1.63. The molecule has 7 nitrogen and oxygen atoms in total. The summed E-state index contributed by atoms with van der Waals surface area (Å²) in [4.78, 5) is 15.5. The van der Waals surface area contributed by atoms with Gasteiger partial charge in [-0.05, 0) is 6.42 Å². The van der Waals surface area contributed by atoms with Crippen molar-refractivity contribution in [3.8, 4) is 0 Å². The first-order valence-corrected chi connectivity index (χ1v) is 7.55. The maximum Gasteiger partial charge on any atom is 0.310 e. The summed E-state index contributed by atoms with van der Waals surface area (Å²) >= 11 is 0. The van der Waals surface area contributed by atoms with Gasteiger partial charge >= 0.3 is 5.97 Å². The molecule has 1 rings (SSSR count). The lowest BCUT2D eigenvalue weighted by Crippen LogP contribution is -2.40. The number of carbonyl (C=O) groups excluding carboxylic acids is 1. The molecule has 1 heterocycles. The number of hydrogen-bond donors (Lipinski definition) is 2. The number of carbonyl (C=O) groups is 1. The van der Waals surface area contributed by atoms with Crippen LogP contribution in [0, 0.1) is 5.92 Å². The van der Waals surface area contributed by atoms with Crippen LogP contribution in [0.4, 0.5) is 0 Å². The van der Waals surface area contributed by atoms with Crippen molar-refractivity contribution in [2.45, 2.75) is 40.2 Å². The van der Waals surface area contributed by atoms with Crippen molar-refractivity contribution in [1.82, 2.24) is 15.8 Å². The Kier molecular flexibility index (Phi) is 7.42. The summed E-state index contributed by atoms with van der Waals surface area (Å²) in [7, 11) is 3.07. The van der Waals surface area contributed by atoms with E-state index in [1.807, 2.05) is 13.8 Å². The lowest BCUT2D eigenvalue weighted by atomic mass is 10.1. The van der Waals surface area contributed by atoms with Gasteiger partial charge in [0.05, 0.1) is 18.7 Å². The van der Waals surface area contributed by atoms with Crippen molar-refractivity contribution in [2.24, 2.45) is 10.9 Å². The van der Waals surface area contributed by atoms with E-state index < -0.39 is 0 Å². The minimum absolute atomic E-state index is 0.239. The molecule has 1 aromatic heterocycles. The quantitative estimate of drug-likeness (QED) is 0.448. The predicted octanol–water partition coefficient (Wildman–Crippen LogP) is 1.27. The summed E-state index contributed by atoms with van der Waals surface area (Å²) < 4.78 is 10.0. The Balaban J connectivity index is 2.58. The van der Waals surface area contributed by atoms with Crippen LogP contribution in [0.1, 0.15) is 37.8 Å². The number of nitrogens with one attached hydrogen (secondary N) is 2. The summed E-state index contributed by atoms with van der Waals surface area (Å²) in [5, 5.41) is 10.4. The van der Waals surface area contributed by atoms with Crippen molar-refractivity contribution < 1.29 is 14.1 Å². The normalized spacial score (nSPS) is 12.9. The van der Waals surface area contributed by atoms with E-state index in [-0.39, 0.29) is 11.9 Å². The number of esters is 1. The molecular formula is C15H26N4O3. The van der Waals surface area contributed by atoms with Crippen LogP contribution in [0.3, 0.4) is 0 Å². The molecular weight excluding hydrogens is 284 g/mol. The summed E-state index contributed by atoms with van der Waals surface area (Å²) in [6, 6.07) is 0. The molecule has 1 aromatic rings. The molecule has 0 saturated heterocycles. The highest BCUT2D eigenvalue weighted by atomic mass is 16.5. The molecule has 0 bridgehead atoms. The molecule has 0 aliphatic heterocycles. The second-order valence-electron chi connectivity index (χ2n) is 4.97. The summed E-state index contributed by atoms with van der Waals surface area (Å²) in [6.45, 7) is 6.93. The fraction of sp³-hybridized carbons (Fsp3) is 0.667. The molecule has 2 N–H and O–H groups in total. The monoisotopic (exact) mass is 310 g/mol. The Morgan fingerprint density at radius 3 is 2.64 bits per heavy atom. The van der Waals surface area contributed by atoms with Gasteiger partial charge in [0.25, 0.3) is 0 Å². The first-order valence-electron chi connectivity index (χ1n) is 7.55. The molecule has 0 radical (unpaired) electrons. The van der Waals surface area contributed by atoms with Crippen LogP contribution < -0.4 is 10.6 Å². The van der Waals surface area contributed by atoms with Crippen molar-refractivity contribution in [3.63, 3.8) is 0 Å². The first-order chi connectivity index (χ1) is 10.6. The lowest BCUT2D eigenvalue weighted by Gasteiger charge is -2.14. The number of aryl methyl sites for hydroxylation is 2. The Morgan fingerprint density at radius 2 is 2.09 bits per heavy atom. The van der Waals surface area contributed by atoms with Crippen LogP contribution in [-0.4, -0.2) is 37.8 Å². The second kappa shape index (κ2) is 9.07. The fourth-order valence-corrected chi connectivity index (χ4v) is 2.06. The number of hydrogen-bond acceptors (Lipinski definition) is 5. The average molecular weight is 310 g/mol. The predicted molar refractivity (Wildman–Crippen MR) is 84.6 cm³/mol. The van der Waals surface area contributed by atoms with Gasteiger partial charge in [0.2, 0.25) is 0 Å². The number of methoxy groups -OCH3 is 1. The SMILES string of the molecule is CCc1noc(CC)c1CNC(=NC)NCC(C)C(=O)OC. The number of nitrogens with zero attached hydrogens (tertiary/aromatic N) is 2. The number of aromatic nitrogens is 1. The van der Waals surface area contributed by atoms with E-state index >= 15 is 0 Å². The highest BCUT2D eigenvalue weighted by molar-refractivity contribution is 5.80. The van der Waals surface area contributed by atoms with Gasteiger partial charge in [-0.1, -0.05) is 25.9 Å². The van der Waals surface area contributed by atoms with Crippen molar-refractivity contribution in [1.29, 1.82) is 0 Å². The van der Waals surface area contributed by atoms with Gasteiger partial charge in [0.1, 0.15) is 5.76 Å². The Morgan fingerprint density at radius 1 is 1.36 bits per heavy atom. The molecule has 0 saturated carbocycles. The highest BCUT2D eigenvalue weighted by Crippen LogP contribution is 2.15. The molecule has 7 heteroatoms. The number of guanidine groups is 1. The average Bonchev–Trinajstić information content (AvgIpc) is 2.95. The molecule has 0 fully saturated rings. The van der Waals surface area contributed by atoms with Crippen LogP contribution in [0.5, 0.6) is 0 Å². The van der Waals surface area contributed by atoms with E-state index in [1.54, 1.807) is 14.0 Å². The number of aliphatic imine (C=N–C) groups is 1. The first kappa shape index (κ1) is 18.0. The molecule has 0 aromatic carbocycles. The molecule has 0 amide bonds. The zero-order valence-electron chi connectivity index (χ0n) is 14.0. The van der Waals surface area contributed by atoms with E-state index in [2.05, 4.69) is 20.8 Å². The largest absolute Gasteiger partial charge is 0.469 e. The molecule has 22 heavy (non-hydrogen) atoms. The van der Waals surface area contributed by atoms with Crippen LogP contribution in [0.15, 0.2) is 9.52 Å². The summed E-state index contributed by atoms with van der Waals surface area (Å²) in [5.41, 5.74) is 2.04. The Labute approximate surface area is 131 Å². The highest BCUT2D eigenvalue weighted by Gasteiger charge is 2.15. The number of rotatable bonds is 7. The van der Waals surface area contributed by atoms with Crippen molar-refractivity contribution >= 4 is 11.9 Å². The number of ether oxygens (including phenoxy) is 1. The molecule has 124 valence electrons. The second-order valence-corrected chi connectivity index (χ2v) is 4.97. The fourth-order valence-electron chi connectivity index (χ4n) is 2.06. The van der Waals surface area contributed by atoms with E-state index in [1.165, 1.54) is 7.11 Å². The Bertz CT molecular complexity index is 489. The molecule has 1 atom stereocenters. The minimum atomic E-state index is -0.247. The lowest BCUT2D eigenvalue weighted by molar-refractivity contribution is -0.144. The Hall–Kier alpha value is -2.05. The third-order valence-electron chi connectivity index (χ3n) is 3.44. The maximum absolute atomic E-state index is 11.4. The van der Waals surface area contributed by atoms with Crippen LogP contribution >= 0.6 is 0 Å². The van der Waals surface area contributed by atoms with Gasteiger partial charge in [-0.2, -0.15) is 0 Å². The van der Waals surface area contributed by atoms with Crippen LogP contribution in [0.2, 0.25) is 0 Å². The van der Waals surface area contributed by atoms with E-state index in [4.69, 9.17) is 9.26 Å². The third-order valence-corrected chi connectivity index (χ3v) is 3.44. The topological polar surface area (TPSA) is 88.8 Å². The van der Waals surface area contributed by atoms with Gasteiger partial charge in [0, 0.05) is 32.1 Å². The zero-order valence-corrected chi connectivity index (χ0v) is 14.0. The third kappa shape index (κ3) is 4.75. The van der Waals surface area contributed by atoms with Gasteiger partial charge in [0.15, 0.2) is 5.96 Å². The molecule has 0 spiro atoms. The van der Waals surface area contributed by atoms with E-state index in [9.17, 15) is 4.79 Å². The van der Waals surface area contributed by atoms with Gasteiger partial charge < -0.3 is 19.9 Å². The molecule has 0 aliphatic carbocycles. The minimum Gasteiger partial charge on any atom is -0.469 e. The van der Waals surface area contributed by atoms with Gasteiger partial charge in [-0.15, -0.1) is 0 Å². The van der Waals surface area contributed by atoms with Crippen molar-refractivity contribution in [3.05, 3.63) is 17.0 Å². The summed E-state index contributed by atoms with van der Waals surface area (Å²) in [5.74, 6) is 1.03. The smallest absolute Gasteiger partial charge is 0.310 e. The standard InChI is InChI=1S/C15H26N4O3/c1-6-12-11(13(7-2)22-19-12)9-18-15(16-4)17-8-10(3)14(20)21-5/h10H,6-9H2,1-5H3,(H2,16,17,18). The van der Waals surface area contributed by atoms with E-state index in [0.717, 1.165) is 29.9 Å². The molecule has 1 unspecified atom stereocenters. The van der Waals surface area contributed by atoms with Gasteiger partial charge in [-0.3, -0.25) is 9.79 Å². The molecule has 0 aliphatic rings. The van der Waals surface area contributed by atoms with Crippen molar-refractivity contribution in [2.75, 3.05) is 20.7 Å². The van der Waals surface area contributed by atoms with Crippen LogP contribution in [-0.2, 0) is 28.9 Å². The van der Waals surface area contributed by atoms with Gasteiger partial charge in [-0.25, -0.2) is 0 Å².